The molecular weight excluding hydrogens is 278 g/mol. The van der Waals surface area contributed by atoms with E-state index in [9.17, 15) is 14.4 Å². The Labute approximate surface area is 120 Å². The number of hydrogen-bond donors (Lipinski definition) is 3. The van der Waals surface area contributed by atoms with Gasteiger partial charge in [0.1, 0.15) is 6.54 Å². The molecule has 0 bridgehead atoms. The van der Waals surface area contributed by atoms with E-state index < -0.39 is 18.0 Å². The van der Waals surface area contributed by atoms with Crippen LogP contribution < -0.4 is 15.5 Å². The summed E-state index contributed by atoms with van der Waals surface area (Å²) in [6.07, 6.45) is 0. The number of aliphatic carboxylic acids is 1. The molecule has 2 rings (SSSR count). The molecule has 3 amide bonds. The molecule has 0 aliphatic carbocycles. The van der Waals surface area contributed by atoms with Gasteiger partial charge in [0.05, 0.1) is 18.0 Å². The fraction of sp³-hybridized carbons (Fsp3) is 0.308. The number of carboxylic acid groups (broad SMARTS) is 1. The number of ether oxygens (including phenoxy) is 1. The van der Waals surface area contributed by atoms with Gasteiger partial charge in [0.15, 0.2) is 6.04 Å². The van der Waals surface area contributed by atoms with Gasteiger partial charge in [-0.05, 0) is 12.1 Å². The summed E-state index contributed by atoms with van der Waals surface area (Å²) in [6.45, 7) is -0.342. The lowest BCUT2D eigenvalue weighted by Gasteiger charge is -2.30. The lowest BCUT2D eigenvalue weighted by atomic mass is 10.2. The van der Waals surface area contributed by atoms with Crippen LogP contribution >= 0.6 is 0 Å². The topological polar surface area (TPSA) is 108 Å². The molecule has 0 saturated heterocycles. The Kier molecular flexibility index (Phi) is 4.39. The van der Waals surface area contributed by atoms with Crippen molar-refractivity contribution in [2.45, 2.75) is 6.04 Å². The maximum atomic E-state index is 12.2. The van der Waals surface area contributed by atoms with E-state index in [2.05, 4.69) is 10.6 Å². The summed E-state index contributed by atoms with van der Waals surface area (Å²) in [5.41, 5.74) is 1.01. The summed E-state index contributed by atoms with van der Waals surface area (Å²) in [4.78, 5) is 36.0. The van der Waals surface area contributed by atoms with Crippen molar-refractivity contribution >= 4 is 29.3 Å². The molecule has 0 fully saturated rings. The van der Waals surface area contributed by atoms with Crippen molar-refractivity contribution in [3.63, 3.8) is 0 Å². The van der Waals surface area contributed by atoms with Gasteiger partial charge in [-0.15, -0.1) is 0 Å². The molecule has 1 aliphatic heterocycles. The predicted octanol–water partition coefficient (Wildman–Crippen LogP) is 0.254. The van der Waals surface area contributed by atoms with Crippen LogP contribution in [0.15, 0.2) is 24.3 Å². The number of fused-ring (bicyclic) bond motifs is 1. The third-order valence-corrected chi connectivity index (χ3v) is 2.94. The molecule has 3 N–H and O–H groups in total. The molecule has 1 unspecified atom stereocenters. The van der Waals surface area contributed by atoms with Gasteiger partial charge in [-0.3, -0.25) is 9.69 Å². The van der Waals surface area contributed by atoms with Gasteiger partial charge in [-0.1, -0.05) is 12.1 Å². The summed E-state index contributed by atoms with van der Waals surface area (Å²) in [5, 5.41) is 14.0. The van der Waals surface area contributed by atoms with Crippen LogP contribution in [-0.4, -0.2) is 49.3 Å². The van der Waals surface area contributed by atoms with E-state index in [1.54, 1.807) is 24.3 Å². The molecular formula is C13H15N3O5. The van der Waals surface area contributed by atoms with E-state index >= 15 is 0 Å². The van der Waals surface area contributed by atoms with E-state index in [1.807, 2.05) is 0 Å². The van der Waals surface area contributed by atoms with E-state index in [0.29, 0.717) is 11.4 Å². The molecule has 1 atom stereocenters. The number of anilines is 2. The van der Waals surface area contributed by atoms with E-state index in [-0.39, 0.29) is 19.1 Å². The molecule has 0 spiro atoms. The zero-order chi connectivity index (χ0) is 15.4. The number of amides is 3. The fourth-order valence-electron chi connectivity index (χ4n) is 1.98. The summed E-state index contributed by atoms with van der Waals surface area (Å²) < 4.78 is 4.75. The normalized spacial score (nSPS) is 14.9. The highest BCUT2D eigenvalue weighted by molar-refractivity contribution is 6.09. The minimum Gasteiger partial charge on any atom is -0.480 e. The number of carboxylic acids is 1. The first-order chi connectivity index (χ1) is 10.0. The highest BCUT2D eigenvalue weighted by atomic mass is 16.5. The lowest BCUT2D eigenvalue weighted by molar-refractivity contribution is -0.140. The monoisotopic (exact) mass is 293 g/mol. The largest absolute Gasteiger partial charge is 0.480 e. The summed E-state index contributed by atoms with van der Waals surface area (Å²) in [7, 11) is 1.34. The number of benzene rings is 1. The van der Waals surface area contributed by atoms with E-state index in [1.165, 1.54) is 12.0 Å². The molecule has 8 heteroatoms. The van der Waals surface area contributed by atoms with Crippen molar-refractivity contribution in [3.05, 3.63) is 24.3 Å². The van der Waals surface area contributed by atoms with Crippen LogP contribution in [0.3, 0.4) is 0 Å². The SMILES string of the molecule is COCC(NC(=O)N1CC(=O)Nc2ccccc21)C(=O)O. The minimum absolute atomic E-state index is 0.164. The molecule has 1 aliphatic rings. The van der Waals surface area contributed by atoms with Crippen LogP contribution in [0.1, 0.15) is 0 Å². The van der Waals surface area contributed by atoms with Crippen LogP contribution in [-0.2, 0) is 14.3 Å². The molecule has 1 aromatic carbocycles. The Hall–Kier alpha value is -2.61. The van der Waals surface area contributed by atoms with Gasteiger partial charge in [-0.25, -0.2) is 9.59 Å². The number of nitrogens with one attached hydrogen (secondary N) is 2. The van der Waals surface area contributed by atoms with Crippen molar-refractivity contribution < 1.29 is 24.2 Å². The molecule has 0 radical (unpaired) electrons. The average Bonchev–Trinajstić information content (AvgIpc) is 2.45. The van der Waals surface area contributed by atoms with Crippen LogP contribution in [0, 0.1) is 0 Å². The van der Waals surface area contributed by atoms with Crippen molar-refractivity contribution in [1.82, 2.24) is 5.32 Å². The minimum atomic E-state index is -1.21. The fourth-order valence-corrected chi connectivity index (χ4v) is 1.98. The van der Waals surface area contributed by atoms with Crippen LogP contribution in [0.5, 0.6) is 0 Å². The average molecular weight is 293 g/mol. The highest BCUT2D eigenvalue weighted by Gasteiger charge is 2.29. The number of hydrogen-bond acceptors (Lipinski definition) is 4. The molecule has 112 valence electrons. The smallest absolute Gasteiger partial charge is 0.328 e. The Bertz CT molecular complexity index is 575. The quantitative estimate of drug-likeness (QED) is 0.737. The van der Waals surface area contributed by atoms with Crippen LogP contribution in [0.4, 0.5) is 16.2 Å². The molecule has 1 heterocycles. The molecule has 21 heavy (non-hydrogen) atoms. The zero-order valence-electron chi connectivity index (χ0n) is 11.3. The Morgan fingerprint density at radius 2 is 2.19 bits per heavy atom. The lowest BCUT2D eigenvalue weighted by Crippen LogP contribution is -2.53. The Morgan fingerprint density at radius 1 is 1.48 bits per heavy atom. The van der Waals surface area contributed by atoms with Crippen molar-refractivity contribution in [3.8, 4) is 0 Å². The van der Waals surface area contributed by atoms with Crippen LogP contribution in [0.25, 0.3) is 0 Å². The molecule has 0 saturated carbocycles. The second-order valence-corrected chi connectivity index (χ2v) is 4.45. The van der Waals surface area contributed by atoms with E-state index in [4.69, 9.17) is 9.84 Å². The maximum absolute atomic E-state index is 12.2. The van der Waals surface area contributed by atoms with Gasteiger partial charge in [0, 0.05) is 7.11 Å². The molecule has 8 nitrogen and oxygen atoms in total. The van der Waals surface area contributed by atoms with Crippen molar-refractivity contribution in [2.24, 2.45) is 0 Å². The maximum Gasteiger partial charge on any atom is 0.328 e. The van der Waals surface area contributed by atoms with Gasteiger partial charge in [0.2, 0.25) is 5.91 Å². The van der Waals surface area contributed by atoms with Crippen LogP contribution in [0.2, 0.25) is 0 Å². The number of carbonyl (C=O) groups is 3. The summed E-state index contributed by atoms with van der Waals surface area (Å²) in [5.74, 6) is -1.55. The summed E-state index contributed by atoms with van der Waals surface area (Å²) in [6, 6.07) is 4.93. The molecule has 1 aromatic rings. The number of nitrogens with zero attached hydrogens (tertiary/aromatic N) is 1. The standard InChI is InChI=1S/C13H15N3O5/c1-21-7-9(12(18)19)15-13(20)16-6-11(17)14-8-4-2-3-5-10(8)16/h2-5,9H,6-7H2,1H3,(H,14,17)(H,15,20)(H,18,19). The van der Waals surface area contributed by atoms with Gasteiger partial charge < -0.3 is 20.5 Å². The third-order valence-electron chi connectivity index (χ3n) is 2.94. The number of methoxy groups -OCH3 is 1. The zero-order valence-corrected chi connectivity index (χ0v) is 11.3. The number of urea groups is 1. The number of rotatable bonds is 4. The Morgan fingerprint density at radius 3 is 2.86 bits per heavy atom. The Balaban J connectivity index is 2.19. The van der Waals surface area contributed by atoms with E-state index in [0.717, 1.165) is 0 Å². The number of para-hydroxylation sites is 2. The predicted molar refractivity (Wildman–Crippen MR) is 74.2 cm³/mol. The third kappa shape index (κ3) is 3.29. The molecule has 0 aromatic heterocycles. The number of carbonyl (C=O) groups excluding carboxylic acids is 2. The highest BCUT2D eigenvalue weighted by Crippen LogP contribution is 2.28. The first kappa shape index (κ1) is 14.8. The first-order valence-corrected chi connectivity index (χ1v) is 6.21. The second-order valence-electron chi connectivity index (χ2n) is 4.45. The first-order valence-electron chi connectivity index (χ1n) is 6.21. The van der Waals surface area contributed by atoms with Crippen molar-refractivity contribution in [2.75, 3.05) is 30.5 Å². The van der Waals surface area contributed by atoms with Gasteiger partial charge >= 0.3 is 12.0 Å². The van der Waals surface area contributed by atoms with Crippen molar-refractivity contribution in [1.29, 1.82) is 0 Å². The second kappa shape index (κ2) is 6.23. The van der Waals surface area contributed by atoms with Gasteiger partial charge in [0.25, 0.3) is 0 Å². The summed E-state index contributed by atoms with van der Waals surface area (Å²) >= 11 is 0. The van der Waals surface area contributed by atoms with Gasteiger partial charge in [-0.2, -0.15) is 0 Å².